The van der Waals surface area contributed by atoms with Crippen LogP contribution in [0.3, 0.4) is 0 Å². The Labute approximate surface area is 163 Å². The summed E-state index contributed by atoms with van der Waals surface area (Å²) in [4.78, 5) is 9.16. The van der Waals surface area contributed by atoms with E-state index in [9.17, 15) is 5.26 Å². The molecule has 2 atom stereocenters. The molecule has 0 bridgehead atoms. The van der Waals surface area contributed by atoms with Gasteiger partial charge in [-0.05, 0) is 57.3 Å². The molecule has 0 radical (unpaired) electrons. The van der Waals surface area contributed by atoms with Crippen LogP contribution in [0.25, 0.3) is 0 Å². The Morgan fingerprint density at radius 1 is 1.22 bits per heavy atom. The summed E-state index contributed by atoms with van der Waals surface area (Å²) in [5, 5.41) is 16.5. The van der Waals surface area contributed by atoms with Crippen LogP contribution in [0.15, 0.2) is 29.3 Å². The van der Waals surface area contributed by atoms with Crippen molar-refractivity contribution in [3.8, 4) is 6.07 Å². The molecule has 2 fully saturated rings. The van der Waals surface area contributed by atoms with Crippen LogP contribution in [0.2, 0.25) is 0 Å². The smallest absolute Gasteiger partial charge is 0.191 e. The minimum Gasteiger partial charge on any atom is -0.368 e. The zero-order chi connectivity index (χ0) is 19.1. The molecule has 6 nitrogen and oxygen atoms in total. The molecule has 0 spiro atoms. The van der Waals surface area contributed by atoms with E-state index in [4.69, 9.17) is 0 Å². The van der Waals surface area contributed by atoms with Crippen LogP contribution in [0.4, 0.5) is 5.69 Å². The van der Waals surface area contributed by atoms with E-state index in [1.165, 1.54) is 19.4 Å². The summed E-state index contributed by atoms with van der Waals surface area (Å²) in [5.74, 6) is 1.58. The summed E-state index contributed by atoms with van der Waals surface area (Å²) in [6.45, 7) is 5.23. The van der Waals surface area contributed by atoms with Crippen LogP contribution in [0.1, 0.15) is 31.2 Å². The average Bonchev–Trinajstić information content (AvgIpc) is 2.71. The molecule has 2 unspecified atom stereocenters. The Balaban J connectivity index is 1.53. The number of para-hydroxylation sites is 1. The van der Waals surface area contributed by atoms with Gasteiger partial charge in [-0.3, -0.25) is 4.99 Å². The summed E-state index contributed by atoms with van der Waals surface area (Å²) >= 11 is 0. The minimum atomic E-state index is 0.339. The predicted octanol–water partition coefficient (Wildman–Crippen LogP) is 2.03. The number of rotatable bonds is 4. The zero-order valence-electron chi connectivity index (χ0n) is 16.6. The lowest BCUT2D eigenvalue weighted by molar-refractivity contribution is 0.210. The number of hydrogen-bond donors (Lipinski definition) is 2. The van der Waals surface area contributed by atoms with Gasteiger partial charge in [0.15, 0.2) is 5.96 Å². The quantitative estimate of drug-likeness (QED) is 0.629. The van der Waals surface area contributed by atoms with Crippen molar-refractivity contribution in [2.75, 3.05) is 51.7 Å². The van der Waals surface area contributed by atoms with Gasteiger partial charge in [-0.2, -0.15) is 5.26 Å². The lowest BCUT2D eigenvalue weighted by Crippen LogP contribution is -2.52. The van der Waals surface area contributed by atoms with Crippen molar-refractivity contribution < 1.29 is 0 Å². The minimum absolute atomic E-state index is 0.339. The standard InChI is InChI=1S/C21H32N6/c1-23-21(24-14-17-7-5-11-26(2)15-17)25-19-9-6-12-27(16-19)20-10-4-3-8-18(20)13-22/h3-4,8,10,17,19H,5-7,9,11-12,14-16H2,1-2H3,(H2,23,24,25). The summed E-state index contributed by atoms with van der Waals surface area (Å²) in [5.41, 5.74) is 1.79. The van der Waals surface area contributed by atoms with E-state index in [1.807, 2.05) is 31.3 Å². The number of aliphatic imine (C=N–C) groups is 1. The number of benzene rings is 1. The van der Waals surface area contributed by atoms with Crippen LogP contribution < -0.4 is 15.5 Å². The Kier molecular flexibility index (Phi) is 6.94. The summed E-state index contributed by atoms with van der Waals surface area (Å²) in [7, 11) is 4.04. The molecule has 1 aromatic rings. The third-order valence-electron chi connectivity index (χ3n) is 5.63. The maximum Gasteiger partial charge on any atom is 0.191 e. The van der Waals surface area contributed by atoms with Gasteiger partial charge >= 0.3 is 0 Å². The molecule has 0 aromatic heterocycles. The molecule has 1 aromatic carbocycles. The molecule has 2 aliphatic rings. The fourth-order valence-corrected chi connectivity index (χ4v) is 4.23. The first-order valence-electron chi connectivity index (χ1n) is 10.1. The van der Waals surface area contributed by atoms with Crippen LogP contribution in [-0.4, -0.2) is 63.7 Å². The van der Waals surface area contributed by atoms with Crippen LogP contribution >= 0.6 is 0 Å². The Morgan fingerprint density at radius 2 is 2.04 bits per heavy atom. The van der Waals surface area contributed by atoms with Crippen molar-refractivity contribution in [1.82, 2.24) is 15.5 Å². The van der Waals surface area contributed by atoms with E-state index >= 15 is 0 Å². The first kappa shape index (κ1) is 19.5. The maximum atomic E-state index is 9.39. The van der Waals surface area contributed by atoms with E-state index < -0.39 is 0 Å². The lowest BCUT2D eigenvalue weighted by Gasteiger charge is -2.36. The van der Waals surface area contributed by atoms with E-state index in [-0.39, 0.29) is 0 Å². The average molecular weight is 369 g/mol. The molecular weight excluding hydrogens is 336 g/mol. The molecule has 27 heavy (non-hydrogen) atoms. The second-order valence-electron chi connectivity index (χ2n) is 7.78. The summed E-state index contributed by atoms with van der Waals surface area (Å²) < 4.78 is 0. The number of anilines is 1. The first-order chi connectivity index (χ1) is 13.2. The summed E-state index contributed by atoms with van der Waals surface area (Å²) in [6.07, 6.45) is 4.81. The van der Waals surface area contributed by atoms with Crippen molar-refractivity contribution in [2.24, 2.45) is 10.9 Å². The van der Waals surface area contributed by atoms with Gasteiger partial charge in [0.1, 0.15) is 6.07 Å². The van der Waals surface area contributed by atoms with Crippen LogP contribution in [0.5, 0.6) is 0 Å². The predicted molar refractivity (Wildman–Crippen MR) is 111 cm³/mol. The number of nitrogens with one attached hydrogen (secondary N) is 2. The number of nitrogens with zero attached hydrogens (tertiary/aromatic N) is 4. The highest BCUT2D eigenvalue weighted by atomic mass is 15.2. The second-order valence-corrected chi connectivity index (χ2v) is 7.78. The lowest BCUT2D eigenvalue weighted by atomic mass is 9.98. The molecule has 0 aliphatic carbocycles. The SMILES string of the molecule is CN=C(NCC1CCCN(C)C1)NC1CCCN(c2ccccc2C#N)C1. The molecule has 2 heterocycles. The zero-order valence-corrected chi connectivity index (χ0v) is 16.6. The monoisotopic (exact) mass is 368 g/mol. The molecule has 2 saturated heterocycles. The van der Waals surface area contributed by atoms with Gasteiger partial charge in [-0.1, -0.05) is 12.1 Å². The normalized spacial score (nSPS) is 24.3. The van der Waals surface area contributed by atoms with Crippen molar-refractivity contribution in [1.29, 1.82) is 5.26 Å². The van der Waals surface area contributed by atoms with Crippen molar-refractivity contribution in [3.63, 3.8) is 0 Å². The van der Waals surface area contributed by atoms with Crippen molar-refractivity contribution in [3.05, 3.63) is 29.8 Å². The van der Waals surface area contributed by atoms with Gasteiger partial charge < -0.3 is 20.4 Å². The fraction of sp³-hybridized carbons (Fsp3) is 0.619. The highest BCUT2D eigenvalue weighted by Gasteiger charge is 2.23. The maximum absolute atomic E-state index is 9.39. The van der Waals surface area contributed by atoms with E-state index in [0.29, 0.717) is 12.0 Å². The third-order valence-corrected chi connectivity index (χ3v) is 5.63. The van der Waals surface area contributed by atoms with E-state index in [2.05, 4.69) is 38.5 Å². The highest BCUT2D eigenvalue weighted by Crippen LogP contribution is 2.23. The third kappa shape index (κ3) is 5.36. The largest absolute Gasteiger partial charge is 0.368 e. The number of guanidine groups is 1. The second kappa shape index (κ2) is 9.61. The van der Waals surface area contributed by atoms with E-state index in [1.54, 1.807) is 0 Å². The number of likely N-dealkylation sites (tertiary alicyclic amines) is 1. The molecule has 0 saturated carbocycles. The number of nitriles is 1. The van der Waals surface area contributed by atoms with Gasteiger partial charge in [-0.25, -0.2) is 0 Å². The van der Waals surface area contributed by atoms with Gasteiger partial charge in [0.25, 0.3) is 0 Å². The van der Waals surface area contributed by atoms with E-state index in [0.717, 1.165) is 56.2 Å². The highest BCUT2D eigenvalue weighted by molar-refractivity contribution is 5.80. The topological polar surface area (TPSA) is 66.7 Å². The molecule has 2 N–H and O–H groups in total. The van der Waals surface area contributed by atoms with Gasteiger partial charge in [0.2, 0.25) is 0 Å². The fourth-order valence-electron chi connectivity index (χ4n) is 4.23. The molecule has 2 aliphatic heterocycles. The van der Waals surface area contributed by atoms with Gasteiger partial charge in [0, 0.05) is 39.3 Å². The molecule has 0 amide bonds. The molecular formula is C21H32N6. The Morgan fingerprint density at radius 3 is 2.81 bits per heavy atom. The summed E-state index contributed by atoms with van der Waals surface area (Å²) in [6, 6.07) is 10.5. The van der Waals surface area contributed by atoms with Gasteiger partial charge in [0.05, 0.1) is 11.3 Å². The molecule has 6 heteroatoms. The molecule has 3 rings (SSSR count). The van der Waals surface area contributed by atoms with Crippen LogP contribution in [-0.2, 0) is 0 Å². The van der Waals surface area contributed by atoms with Crippen LogP contribution in [0, 0.1) is 17.2 Å². The number of piperidine rings is 2. The van der Waals surface area contributed by atoms with Gasteiger partial charge in [-0.15, -0.1) is 0 Å². The van der Waals surface area contributed by atoms with Crippen molar-refractivity contribution >= 4 is 11.6 Å². The Bertz CT molecular complexity index is 679. The Hall–Kier alpha value is -2.26. The molecule has 146 valence electrons. The van der Waals surface area contributed by atoms with Crippen molar-refractivity contribution in [2.45, 2.75) is 31.7 Å². The number of hydrogen-bond acceptors (Lipinski definition) is 4. The first-order valence-corrected chi connectivity index (χ1v) is 10.1.